The summed E-state index contributed by atoms with van der Waals surface area (Å²) in [5.74, 6) is 0.547. The molecule has 0 saturated heterocycles. The van der Waals surface area contributed by atoms with Crippen molar-refractivity contribution in [1.82, 2.24) is 10.2 Å². The van der Waals surface area contributed by atoms with Crippen LogP contribution in [0.3, 0.4) is 0 Å². The largest absolute Gasteiger partial charge is 0.356 e. The van der Waals surface area contributed by atoms with Crippen LogP contribution in [0.2, 0.25) is 0 Å². The van der Waals surface area contributed by atoms with E-state index in [9.17, 15) is 9.59 Å². The molecule has 0 unspecified atom stereocenters. The number of amides is 1. The number of Topliss-reactive ketones (excluding diaryl/α,β-unsaturated/α-hetero) is 1. The smallest absolute Gasteiger partial charge is 0.219 e. The van der Waals surface area contributed by atoms with E-state index >= 15 is 0 Å². The number of nitrogens with one attached hydrogen (secondary N) is 1. The summed E-state index contributed by atoms with van der Waals surface area (Å²) in [6.07, 6.45) is 2.09. The van der Waals surface area contributed by atoms with Crippen molar-refractivity contribution in [2.24, 2.45) is 5.92 Å². The summed E-state index contributed by atoms with van der Waals surface area (Å²) >= 11 is 0. The molecule has 0 aliphatic heterocycles. The summed E-state index contributed by atoms with van der Waals surface area (Å²) in [7, 11) is 2.01. The molecule has 4 heteroatoms. The number of ketones is 1. The Morgan fingerprint density at radius 2 is 1.74 bits per heavy atom. The number of carbonyl (C=O) groups is 2. The third kappa shape index (κ3) is 13.3. The van der Waals surface area contributed by atoms with Crippen LogP contribution in [0.5, 0.6) is 0 Å². The number of nitrogens with zero attached hydrogens (tertiary/aromatic N) is 1. The van der Waals surface area contributed by atoms with Crippen molar-refractivity contribution in [2.75, 3.05) is 26.7 Å². The maximum atomic E-state index is 11.4. The lowest BCUT2D eigenvalue weighted by Crippen LogP contribution is -2.29. The molecule has 1 amide bonds. The van der Waals surface area contributed by atoms with Crippen LogP contribution in [-0.2, 0) is 9.59 Å². The SMILES string of the molecule is CC.CCC(=O)NCCCN(C)CCC(=O)C(C)C. The van der Waals surface area contributed by atoms with Gasteiger partial charge in [-0.3, -0.25) is 9.59 Å². The van der Waals surface area contributed by atoms with Gasteiger partial charge in [0.25, 0.3) is 0 Å². The maximum Gasteiger partial charge on any atom is 0.219 e. The van der Waals surface area contributed by atoms with Crippen molar-refractivity contribution in [3.8, 4) is 0 Å². The quantitative estimate of drug-likeness (QED) is 0.656. The van der Waals surface area contributed by atoms with Crippen molar-refractivity contribution < 1.29 is 9.59 Å². The van der Waals surface area contributed by atoms with Gasteiger partial charge < -0.3 is 10.2 Å². The van der Waals surface area contributed by atoms with Gasteiger partial charge in [-0.15, -0.1) is 0 Å². The molecule has 0 aromatic carbocycles. The second kappa shape index (κ2) is 13.5. The third-order valence-corrected chi connectivity index (χ3v) is 2.74. The van der Waals surface area contributed by atoms with E-state index < -0.39 is 0 Å². The lowest BCUT2D eigenvalue weighted by molar-refractivity contribution is -0.122. The highest BCUT2D eigenvalue weighted by Crippen LogP contribution is 2.00. The Hall–Kier alpha value is -0.900. The van der Waals surface area contributed by atoms with Crippen LogP contribution in [0.25, 0.3) is 0 Å². The third-order valence-electron chi connectivity index (χ3n) is 2.74. The predicted molar refractivity (Wildman–Crippen MR) is 81.2 cm³/mol. The zero-order valence-electron chi connectivity index (χ0n) is 13.6. The highest BCUT2D eigenvalue weighted by Gasteiger charge is 2.08. The average molecular weight is 272 g/mol. The van der Waals surface area contributed by atoms with Gasteiger partial charge in [-0.2, -0.15) is 0 Å². The normalized spacial score (nSPS) is 10.1. The van der Waals surface area contributed by atoms with E-state index in [1.54, 1.807) is 0 Å². The monoisotopic (exact) mass is 272 g/mol. The van der Waals surface area contributed by atoms with Gasteiger partial charge in [0.15, 0.2) is 0 Å². The number of hydrogen-bond donors (Lipinski definition) is 1. The fraction of sp³-hybridized carbons (Fsp3) is 0.867. The second-order valence-corrected chi connectivity index (χ2v) is 4.73. The standard InChI is InChI=1S/C13H26N2O2.C2H6/c1-5-13(17)14-8-6-9-15(4)10-7-12(16)11(2)3;1-2/h11H,5-10H2,1-4H3,(H,14,17);1-2H3. The van der Waals surface area contributed by atoms with Gasteiger partial charge in [-0.25, -0.2) is 0 Å². The van der Waals surface area contributed by atoms with E-state index in [0.29, 0.717) is 18.6 Å². The first kappa shape index (κ1) is 20.4. The van der Waals surface area contributed by atoms with E-state index in [1.807, 2.05) is 41.7 Å². The molecule has 1 N–H and O–H groups in total. The first-order valence-electron chi connectivity index (χ1n) is 7.45. The molecular weight excluding hydrogens is 240 g/mol. The van der Waals surface area contributed by atoms with E-state index in [0.717, 1.165) is 26.1 Å². The molecule has 0 saturated carbocycles. The minimum Gasteiger partial charge on any atom is -0.356 e. The number of hydrogen-bond acceptors (Lipinski definition) is 3. The first-order valence-corrected chi connectivity index (χ1v) is 7.45. The van der Waals surface area contributed by atoms with Crippen molar-refractivity contribution in [1.29, 1.82) is 0 Å². The highest BCUT2D eigenvalue weighted by atomic mass is 16.1. The van der Waals surface area contributed by atoms with E-state index in [2.05, 4.69) is 10.2 Å². The van der Waals surface area contributed by atoms with Crippen molar-refractivity contribution in [2.45, 2.75) is 53.9 Å². The van der Waals surface area contributed by atoms with E-state index in [-0.39, 0.29) is 11.8 Å². The Balaban J connectivity index is 0. The van der Waals surface area contributed by atoms with Gasteiger partial charge in [0.1, 0.15) is 5.78 Å². The minimum absolute atomic E-state index is 0.0997. The van der Waals surface area contributed by atoms with Crippen LogP contribution in [0, 0.1) is 5.92 Å². The number of rotatable bonds is 9. The zero-order valence-corrected chi connectivity index (χ0v) is 13.6. The molecule has 0 spiro atoms. The summed E-state index contributed by atoms with van der Waals surface area (Å²) in [5.41, 5.74) is 0. The zero-order chi connectivity index (χ0) is 15.3. The molecule has 0 atom stereocenters. The molecular formula is C15H32N2O2. The van der Waals surface area contributed by atoms with Gasteiger partial charge >= 0.3 is 0 Å². The van der Waals surface area contributed by atoms with Crippen LogP contribution >= 0.6 is 0 Å². The fourth-order valence-electron chi connectivity index (χ4n) is 1.40. The molecule has 0 bridgehead atoms. The molecule has 0 aromatic heterocycles. The predicted octanol–water partition coefficient (Wildman–Crippen LogP) is 2.48. The summed E-state index contributed by atoms with van der Waals surface area (Å²) in [6, 6.07) is 0. The minimum atomic E-state index is 0.0997. The first-order chi connectivity index (χ1) is 8.97. The summed E-state index contributed by atoms with van der Waals surface area (Å²) in [4.78, 5) is 24.5. The summed E-state index contributed by atoms with van der Waals surface area (Å²) < 4.78 is 0. The van der Waals surface area contributed by atoms with Crippen LogP contribution < -0.4 is 5.32 Å². The molecule has 19 heavy (non-hydrogen) atoms. The highest BCUT2D eigenvalue weighted by molar-refractivity contribution is 5.80. The van der Waals surface area contributed by atoms with Gasteiger partial charge in [0.2, 0.25) is 5.91 Å². The van der Waals surface area contributed by atoms with Crippen LogP contribution in [0.4, 0.5) is 0 Å². The van der Waals surface area contributed by atoms with Crippen LogP contribution in [0.15, 0.2) is 0 Å². The Bertz CT molecular complexity index is 240. The van der Waals surface area contributed by atoms with Crippen LogP contribution in [0.1, 0.15) is 53.9 Å². The van der Waals surface area contributed by atoms with Gasteiger partial charge in [-0.05, 0) is 20.0 Å². The van der Waals surface area contributed by atoms with Crippen LogP contribution in [-0.4, -0.2) is 43.3 Å². The van der Waals surface area contributed by atoms with E-state index in [1.165, 1.54) is 0 Å². The van der Waals surface area contributed by atoms with E-state index in [4.69, 9.17) is 0 Å². The topological polar surface area (TPSA) is 49.4 Å². The molecule has 114 valence electrons. The van der Waals surface area contributed by atoms with Crippen molar-refractivity contribution in [3.05, 3.63) is 0 Å². The molecule has 0 heterocycles. The molecule has 4 nitrogen and oxygen atoms in total. The van der Waals surface area contributed by atoms with Gasteiger partial charge in [0, 0.05) is 31.8 Å². The molecule has 0 aliphatic carbocycles. The van der Waals surface area contributed by atoms with Crippen molar-refractivity contribution in [3.63, 3.8) is 0 Å². The molecule has 0 aliphatic rings. The Labute approximate surface area is 118 Å². The second-order valence-electron chi connectivity index (χ2n) is 4.73. The lowest BCUT2D eigenvalue weighted by Gasteiger charge is -2.16. The maximum absolute atomic E-state index is 11.4. The molecule has 0 rings (SSSR count). The fourth-order valence-corrected chi connectivity index (χ4v) is 1.40. The summed E-state index contributed by atoms with van der Waals surface area (Å²) in [5, 5.41) is 2.84. The molecule has 0 aromatic rings. The average Bonchev–Trinajstić information content (AvgIpc) is 2.42. The summed E-state index contributed by atoms with van der Waals surface area (Å²) in [6.45, 7) is 12.1. The lowest BCUT2D eigenvalue weighted by atomic mass is 10.1. The number of carbonyl (C=O) groups excluding carboxylic acids is 2. The van der Waals surface area contributed by atoms with Gasteiger partial charge in [0.05, 0.1) is 0 Å². The molecule has 0 fully saturated rings. The Morgan fingerprint density at radius 1 is 1.16 bits per heavy atom. The van der Waals surface area contributed by atoms with Gasteiger partial charge in [-0.1, -0.05) is 34.6 Å². The Morgan fingerprint density at radius 3 is 2.21 bits per heavy atom. The molecule has 0 radical (unpaired) electrons. The van der Waals surface area contributed by atoms with Crippen molar-refractivity contribution >= 4 is 11.7 Å². The Kier molecular flexibility index (Phi) is 14.5.